The van der Waals surface area contributed by atoms with Crippen molar-refractivity contribution in [3.63, 3.8) is 0 Å². The van der Waals surface area contributed by atoms with E-state index in [0.29, 0.717) is 17.7 Å². The van der Waals surface area contributed by atoms with E-state index in [2.05, 4.69) is 331 Å². The minimum Gasteiger partial charge on any atom is -0.311 e. The topological polar surface area (TPSA) is 32.3 Å². The van der Waals surface area contributed by atoms with Crippen LogP contribution in [-0.2, 0) is 0 Å². The molecule has 2 fully saturated rings. The van der Waals surface area contributed by atoms with Crippen LogP contribution in [0.2, 0.25) is 0 Å². The molecule has 18 rings (SSSR count). The Bertz CT molecular complexity index is 4810. The van der Waals surface area contributed by atoms with E-state index in [9.17, 15) is 0 Å². The van der Waals surface area contributed by atoms with Crippen molar-refractivity contribution in [1.82, 2.24) is 9.97 Å². The quantitative estimate of drug-likeness (QED) is 0.108. The van der Waals surface area contributed by atoms with Crippen molar-refractivity contribution in [3.8, 4) is 101 Å². The molecule has 2 aliphatic carbocycles. The number of hydrogen-bond acceptors (Lipinski definition) is 4. The van der Waals surface area contributed by atoms with Crippen LogP contribution in [0.1, 0.15) is 87.2 Å². The molecule has 2 aliphatic heterocycles. The molecule has 5 heteroatoms. The van der Waals surface area contributed by atoms with Crippen LogP contribution in [-0.4, -0.2) is 16.7 Å². The second-order valence-corrected chi connectivity index (χ2v) is 27.7. The lowest BCUT2D eigenvalue weighted by Gasteiger charge is -2.45. The lowest BCUT2D eigenvalue weighted by Crippen LogP contribution is -2.61. The zero-order valence-corrected chi connectivity index (χ0v) is 55.7. The molecule has 4 nitrogen and oxygen atoms in total. The molecule has 13 aromatic carbocycles. The first kappa shape index (κ1) is 60.0. The molecule has 2 saturated carbocycles. The second kappa shape index (κ2) is 26.2. The predicted molar refractivity (Wildman–Crippen MR) is 417 cm³/mol. The van der Waals surface area contributed by atoms with E-state index < -0.39 is 0 Å². The Hall–Kier alpha value is -11.4. The van der Waals surface area contributed by atoms with Gasteiger partial charge in [0.15, 0.2) is 5.82 Å². The maximum absolute atomic E-state index is 5.94. The number of anilines is 6. The van der Waals surface area contributed by atoms with Crippen molar-refractivity contribution in [2.24, 2.45) is 0 Å². The Morgan fingerprint density at radius 1 is 0.242 bits per heavy atom. The van der Waals surface area contributed by atoms with Gasteiger partial charge in [0, 0.05) is 50.8 Å². The Kier molecular flexibility index (Phi) is 15.9. The van der Waals surface area contributed by atoms with Crippen LogP contribution in [0.15, 0.2) is 322 Å². The highest BCUT2D eigenvalue weighted by molar-refractivity contribution is 7.00. The summed E-state index contributed by atoms with van der Waals surface area (Å²) in [5, 5.41) is 0. The van der Waals surface area contributed by atoms with Gasteiger partial charge in [0.05, 0.1) is 11.4 Å². The molecule has 99 heavy (non-hydrogen) atoms. The van der Waals surface area contributed by atoms with E-state index in [1.54, 1.807) is 0 Å². The Morgan fingerprint density at radius 3 is 0.899 bits per heavy atom. The number of benzene rings is 13. The van der Waals surface area contributed by atoms with Crippen molar-refractivity contribution in [3.05, 3.63) is 333 Å². The molecule has 0 N–H and O–H groups in total. The first-order valence-corrected chi connectivity index (χ1v) is 35.8. The molecular weight excluding hydrogens is 1200 g/mol. The molecule has 0 spiro atoms. The van der Waals surface area contributed by atoms with Crippen molar-refractivity contribution in [2.45, 2.75) is 76.0 Å². The van der Waals surface area contributed by atoms with Gasteiger partial charge >= 0.3 is 0 Å². The molecule has 4 aliphatic rings. The summed E-state index contributed by atoms with van der Waals surface area (Å²) >= 11 is 0. The molecule has 0 amide bonds. The van der Waals surface area contributed by atoms with E-state index in [4.69, 9.17) is 9.97 Å². The molecule has 474 valence electrons. The zero-order valence-electron chi connectivity index (χ0n) is 55.7. The Balaban J connectivity index is 0.927. The normalized spacial score (nSPS) is 14.3. The van der Waals surface area contributed by atoms with Gasteiger partial charge in [-0.2, -0.15) is 0 Å². The average molecular weight is 1270 g/mol. The average Bonchev–Trinajstić information content (AvgIpc) is 0.695. The molecular formula is C94H75BN4. The molecule has 0 atom stereocenters. The van der Waals surface area contributed by atoms with Crippen LogP contribution < -0.4 is 26.2 Å². The first-order chi connectivity index (χ1) is 49.0. The van der Waals surface area contributed by atoms with Crippen LogP contribution in [0.25, 0.3) is 101 Å². The van der Waals surface area contributed by atoms with Crippen LogP contribution >= 0.6 is 0 Å². The zero-order chi connectivity index (χ0) is 65.6. The summed E-state index contributed by atoms with van der Waals surface area (Å²) < 4.78 is 0. The van der Waals surface area contributed by atoms with Crippen LogP contribution in [0.4, 0.5) is 34.1 Å². The van der Waals surface area contributed by atoms with Crippen molar-refractivity contribution in [1.29, 1.82) is 0 Å². The fraction of sp³-hybridized carbons (Fsp3) is 0.128. The minimum atomic E-state index is -0.0633. The third kappa shape index (κ3) is 11.7. The lowest BCUT2D eigenvalue weighted by molar-refractivity contribution is 0.444. The van der Waals surface area contributed by atoms with E-state index in [1.165, 1.54) is 125 Å². The van der Waals surface area contributed by atoms with Gasteiger partial charge in [-0.3, -0.25) is 0 Å². The summed E-state index contributed by atoms with van der Waals surface area (Å²) in [6.07, 6.45) is 12.6. The second-order valence-electron chi connectivity index (χ2n) is 27.7. The lowest BCUT2D eigenvalue weighted by atomic mass is 9.33. The van der Waals surface area contributed by atoms with Gasteiger partial charge in [-0.15, -0.1) is 0 Å². The predicted octanol–water partition coefficient (Wildman–Crippen LogP) is 23.7. The first-order valence-electron chi connectivity index (χ1n) is 35.8. The third-order valence-electron chi connectivity index (χ3n) is 21.6. The van der Waals surface area contributed by atoms with E-state index in [0.717, 1.165) is 95.3 Å². The minimum absolute atomic E-state index is 0.0633. The summed E-state index contributed by atoms with van der Waals surface area (Å²) in [5.74, 6) is 1.70. The fourth-order valence-corrected chi connectivity index (χ4v) is 16.6. The fourth-order valence-electron chi connectivity index (χ4n) is 16.6. The number of fused-ring (bicyclic) bond motifs is 4. The van der Waals surface area contributed by atoms with Gasteiger partial charge in [-0.25, -0.2) is 9.97 Å². The summed E-state index contributed by atoms with van der Waals surface area (Å²) in [4.78, 5) is 17.0. The monoisotopic (exact) mass is 1270 g/mol. The standard InChI is InChI=1S/C94H75BN4/c1-9-25-64(26-10-1)72-41-47-83(48-42-72)98-89-51-45-74(66-29-13-3-14-30-66)59-85(89)95-86-60-75(67-31-15-4-16-32-67)46-52-90(86)99(84-49-43-73(44-50-84)65-27-11-2-12-28-65)92-62-81(61-91(98)93(92)95)88-63-87(80-55-76(68-33-17-5-18-34-68)53-77(56-80)69-35-19-6-20-36-69)96-94(97-88)82-57-78(70-37-21-7-22-38-70)54-79(58-82)71-39-23-8-24-40-71/h1-2,5-12,17-28,33-63,66-67H,3-4,13-16,29-32H2. The molecule has 0 saturated heterocycles. The summed E-state index contributed by atoms with van der Waals surface area (Å²) in [6.45, 7) is -0.0633. The van der Waals surface area contributed by atoms with Gasteiger partial charge in [0.25, 0.3) is 6.71 Å². The SMILES string of the molecule is c1ccc(-c2ccc(N3c4ccc(C5CCCCC5)cc4B4c5cc(C6CCCCC6)ccc5N(c5ccc(-c6ccccc6)cc5)c5cc(-c6cc(-c7cc(-c8ccccc8)cc(-c8ccccc8)c7)nc(-c7cc(-c8ccccc8)cc(-c8ccccc8)c7)n6)cc3c54)cc2)cc1. The van der Waals surface area contributed by atoms with Gasteiger partial charge < -0.3 is 9.80 Å². The summed E-state index contributed by atoms with van der Waals surface area (Å²) in [5.41, 5.74) is 32.3. The summed E-state index contributed by atoms with van der Waals surface area (Å²) in [6, 6.07) is 120. The Labute approximate surface area is 582 Å². The van der Waals surface area contributed by atoms with Crippen LogP contribution in [0, 0.1) is 0 Å². The highest BCUT2D eigenvalue weighted by Crippen LogP contribution is 2.49. The Morgan fingerprint density at radius 2 is 0.545 bits per heavy atom. The maximum atomic E-state index is 5.94. The molecule has 14 aromatic rings. The number of hydrogen-bond donors (Lipinski definition) is 0. The van der Waals surface area contributed by atoms with Gasteiger partial charge in [0.1, 0.15) is 0 Å². The largest absolute Gasteiger partial charge is 0.311 e. The van der Waals surface area contributed by atoms with Crippen LogP contribution in [0.5, 0.6) is 0 Å². The number of rotatable bonds is 13. The molecule has 0 unspecified atom stereocenters. The van der Waals surface area contributed by atoms with Gasteiger partial charge in [0.2, 0.25) is 0 Å². The molecule has 3 heterocycles. The molecule has 0 bridgehead atoms. The maximum Gasteiger partial charge on any atom is 0.252 e. The van der Waals surface area contributed by atoms with Crippen molar-refractivity contribution >= 4 is 57.2 Å². The molecule has 0 radical (unpaired) electrons. The highest BCUT2D eigenvalue weighted by Gasteiger charge is 2.45. The molecule has 1 aromatic heterocycles. The van der Waals surface area contributed by atoms with Crippen molar-refractivity contribution in [2.75, 3.05) is 9.80 Å². The number of nitrogens with zero attached hydrogens (tertiary/aromatic N) is 4. The van der Waals surface area contributed by atoms with Crippen LogP contribution in [0.3, 0.4) is 0 Å². The van der Waals surface area contributed by atoms with E-state index in [-0.39, 0.29) is 6.71 Å². The van der Waals surface area contributed by atoms with E-state index in [1.807, 2.05) is 0 Å². The highest BCUT2D eigenvalue weighted by atomic mass is 15.2. The van der Waals surface area contributed by atoms with E-state index >= 15 is 0 Å². The third-order valence-corrected chi connectivity index (χ3v) is 21.6. The van der Waals surface area contributed by atoms with Gasteiger partial charge in [-0.05, 0) is 223 Å². The number of aromatic nitrogens is 2. The summed E-state index contributed by atoms with van der Waals surface area (Å²) in [7, 11) is 0. The van der Waals surface area contributed by atoms with Crippen molar-refractivity contribution < 1.29 is 0 Å². The van der Waals surface area contributed by atoms with Gasteiger partial charge in [-0.1, -0.05) is 269 Å². The smallest absolute Gasteiger partial charge is 0.252 e.